The molecule has 0 N–H and O–H groups in total. The minimum absolute atomic E-state index is 0. The van der Waals surface area contributed by atoms with Gasteiger partial charge in [-0.2, -0.15) is 36.4 Å². The molecule has 0 atom stereocenters. The van der Waals surface area contributed by atoms with Gasteiger partial charge in [0.1, 0.15) is 0 Å². The Morgan fingerprint density at radius 3 is 1.50 bits per heavy atom. The van der Waals surface area contributed by atoms with Crippen LogP contribution in [0, 0.1) is 13.5 Å². The average molecular weight is 116 g/mol. The molecule has 0 radical (unpaired) electrons. The molecule has 1 heteroatoms. The van der Waals surface area contributed by atoms with E-state index in [4.69, 9.17) is 0 Å². The third-order valence-corrected chi connectivity index (χ3v) is 0.607. The number of benzene rings is 1. The van der Waals surface area contributed by atoms with E-state index in [2.05, 4.69) is 6.07 Å². The van der Waals surface area contributed by atoms with E-state index in [1.54, 1.807) is 0 Å². The zero-order chi connectivity index (χ0) is 4.24. The minimum atomic E-state index is 0. The molecule has 0 heterocycles. The summed E-state index contributed by atoms with van der Waals surface area (Å²) < 4.78 is 0. The average Bonchev–Trinajstić information content (AvgIpc) is 1.72. The van der Waals surface area contributed by atoms with Gasteiger partial charge in [-0.15, -0.1) is 0 Å². The Hall–Kier alpha value is -0.0138. The van der Waals surface area contributed by atoms with E-state index in [1.165, 1.54) is 0 Å². The first-order valence-electron chi connectivity index (χ1n) is 1.91. The van der Waals surface area contributed by atoms with Gasteiger partial charge in [-0.1, -0.05) is 0 Å². The van der Waals surface area contributed by atoms with E-state index in [9.17, 15) is 0 Å². The largest absolute Gasteiger partial charge is 2.00 e. The van der Waals surface area contributed by atoms with Crippen molar-refractivity contribution in [1.29, 1.82) is 0 Å². The van der Waals surface area contributed by atoms with Crippen LogP contribution >= 0.6 is 0 Å². The molecule has 1 rings (SSSR count). The summed E-state index contributed by atoms with van der Waals surface area (Å²) in [5.74, 6) is 0. The van der Waals surface area contributed by atoms with Gasteiger partial charge >= 0.3 is 23.1 Å². The zero-order valence-electron chi connectivity index (χ0n) is 5.09. The van der Waals surface area contributed by atoms with Gasteiger partial charge in [-0.3, -0.25) is 0 Å². The second-order valence-corrected chi connectivity index (χ2v) is 1.08. The van der Waals surface area contributed by atoms with E-state index in [-0.39, 0.29) is 30.5 Å². The van der Waals surface area contributed by atoms with Crippen LogP contribution in [0.3, 0.4) is 0 Å². The van der Waals surface area contributed by atoms with Crippen molar-refractivity contribution in [3.8, 4) is 0 Å². The fraction of sp³-hybridized carbons (Fsp3) is 0. The number of hydrogen-bond donors (Lipinski definition) is 0. The molecule has 0 nitrogen and oxygen atoms in total. The predicted molar refractivity (Wildman–Crippen MR) is 37.4 cm³/mol. The van der Waals surface area contributed by atoms with Gasteiger partial charge in [-0.05, 0) is 0 Å². The van der Waals surface area contributed by atoms with Crippen molar-refractivity contribution < 1.29 is 0 Å². The molecule has 0 aliphatic carbocycles. The summed E-state index contributed by atoms with van der Waals surface area (Å²) in [6.07, 6.45) is 0. The molecule has 0 aliphatic heterocycles. The molecule has 0 saturated heterocycles. The summed E-state index contributed by atoms with van der Waals surface area (Å²) in [6.45, 7) is 0. The molecule has 0 unspecified atom stereocenters. The van der Waals surface area contributed by atoms with Gasteiger partial charge in [-0.25, -0.2) is 0 Å². The third kappa shape index (κ3) is 4.15. The maximum atomic E-state index is 2.89. The normalized spacial score (nSPS) is 6.00. The molecule has 1 aromatic carbocycles. The Kier molecular flexibility index (Phi) is 9.50. The van der Waals surface area contributed by atoms with E-state index in [0.29, 0.717) is 0 Å². The van der Waals surface area contributed by atoms with Crippen molar-refractivity contribution in [3.05, 3.63) is 43.8 Å². The number of rotatable bonds is 0. The van der Waals surface area contributed by atoms with Crippen molar-refractivity contribution in [2.24, 2.45) is 0 Å². The maximum absolute atomic E-state index is 2.89. The third-order valence-electron chi connectivity index (χ3n) is 0.607. The Morgan fingerprint density at radius 2 is 1.38 bits per heavy atom. The standard InChI is InChI=1S/C6H5.CH3.Mg/c1-2-4-6-5-3-1;;/h1-5H;1H3;/q2*-1;+2. The Balaban J connectivity index is 0. The molecule has 0 amide bonds. The molecule has 8 heavy (non-hydrogen) atoms. The summed E-state index contributed by atoms with van der Waals surface area (Å²) >= 11 is 0. The Labute approximate surface area is 67.1 Å². The second-order valence-electron chi connectivity index (χ2n) is 1.08. The van der Waals surface area contributed by atoms with Gasteiger partial charge in [0.25, 0.3) is 0 Å². The van der Waals surface area contributed by atoms with Gasteiger partial charge in [0.05, 0.1) is 0 Å². The fourth-order valence-electron chi connectivity index (χ4n) is 0.342. The van der Waals surface area contributed by atoms with Crippen LogP contribution in [0.1, 0.15) is 0 Å². The summed E-state index contributed by atoms with van der Waals surface area (Å²) in [6, 6.07) is 12.5. The quantitative estimate of drug-likeness (QED) is 0.356. The van der Waals surface area contributed by atoms with Gasteiger partial charge < -0.3 is 7.43 Å². The summed E-state index contributed by atoms with van der Waals surface area (Å²) in [5, 5.41) is 0. The first kappa shape index (κ1) is 10.9. The van der Waals surface area contributed by atoms with Gasteiger partial charge in [0.2, 0.25) is 0 Å². The molecule has 0 fully saturated rings. The van der Waals surface area contributed by atoms with Crippen molar-refractivity contribution in [2.75, 3.05) is 0 Å². The SMILES string of the molecule is [CH3-].[Mg+2].[c-]1ccccc1. The molecule has 0 aromatic heterocycles. The van der Waals surface area contributed by atoms with Gasteiger partial charge in [0.15, 0.2) is 0 Å². The summed E-state index contributed by atoms with van der Waals surface area (Å²) in [7, 11) is 0. The van der Waals surface area contributed by atoms with Crippen molar-refractivity contribution in [1.82, 2.24) is 0 Å². The Morgan fingerprint density at radius 1 is 0.875 bits per heavy atom. The Bertz CT molecular complexity index is 76.3. The molecule has 1 aromatic rings. The minimum Gasteiger partial charge on any atom is -0.358 e. The van der Waals surface area contributed by atoms with E-state index < -0.39 is 0 Å². The predicted octanol–water partition coefficient (Wildman–Crippen LogP) is 1.56. The first-order chi connectivity index (χ1) is 3.00. The van der Waals surface area contributed by atoms with Crippen LogP contribution in [0.15, 0.2) is 30.3 Å². The fourth-order valence-corrected chi connectivity index (χ4v) is 0.342. The molecule has 0 saturated carbocycles. The van der Waals surface area contributed by atoms with Crippen LogP contribution in [0.5, 0.6) is 0 Å². The molecule has 0 spiro atoms. The maximum Gasteiger partial charge on any atom is 2.00 e. The molecule has 0 aliphatic rings. The zero-order valence-corrected chi connectivity index (χ0v) is 6.51. The summed E-state index contributed by atoms with van der Waals surface area (Å²) in [4.78, 5) is 0. The second kappa shape index (κ2) is 6.99. The topological polar surface area (TPSA) is 0 Å². The first-order valence-corrected chi connectivity index (χ1v) is 1.91. The van der Waals surface area contributed by atoms with Crippen LogP contribution < -0.4 is 0 Å². The molecule has 0 bridgehead atoms. The van der Waals surface area contributed by atoms with E-state index >= 15 is 0 Å². The van der Waals surface area contributed by atoms with Crippen molar-refractivity contribution in [3.63, 3.8) is 0 Å². The van der Waals surface area contributed by atoms with E-state index in [0.717, 1.165) is 0 Å². The van der Waals surface area contributed by atoms with Crippen LogP contribution in [-0.2, 0) is 0 Å². The van der Waals surface area contributed by atoms with Crippen LogP contribution in [0.2, 0.25) is 0 Å². The van der Waals surface area contributed by atoms with Crippen LogP contribution in [0.25, 0.3) is 0 Å². The van der Waals surface area contributed by atoms with Gasteiger partial charge in [0, 0.05) is 0 Å². The number of hydrogen-bond acceptors (Lipinski definition) is 0. The smallest absolute Gasteiger partial charge is 0.358 e. The molecule has 38 valence electrons. The molecular formula is C7H8Mg. The van der Waals surface area contributed by atoms with Crippen LogP contribution in [-0.4, -0.2) is 23.1 Å². The van der Waals surface area contributed by atoms with Crippen LogP contribution in [0.4, 0.5) is 0 Å². The van der Waals surface area contributed by atoms with Crippen molar-refractivity contribution in [2.45, 2.75) is 0 Å². The van der Waals surface area contributed by atoms with Crippen molar-refractivity contribution >= 4 is 23.1 Å². The monoisotopic (exact) mass is 116 g/mol. The van der Waals surface area contributed by atoms with E-state index in [1.807, 2.05) is 30.3 Å². The molecular weight excluding hydrogens is 108 g/mol. The summed E-state index contributed by atoms with van der Waals surface area (Å²) in [5.41, 5.74) is 0.